The van der Waals surface area contributed by atoms with E-state index in [0.717, 1.165) is 27.1 Å². The molecule has 0 bridgehead atoms. The number of imidazole rings is 1. The van der Waals surface area contributed by atoms with Crippen LogP contribution in [0.15, 0.2) is 33.5 Å². The van der Waals surface area contributed by atoms with Gasteiger partial charge in [0, 0.05) is 0 Å². The van der Waals surface area contributed by atoms with Gasteiger partial charge in [0.2, 0.25) is 0 Å². The molecule has 1 atom stereocenters. The molecule has 0 saturated heterocycles. The fourth-order valence-electron chi connectivity index (χ4n) is 2.14. The number of ether oxygens (including phenoxy) is 3. The number of benzene rings is 1. The lowest BCUT2D eigenvalue weighted by molar-refractivity contribution is 0.0484. The summed E-state index contributed by atoms with van der Waals surface area (Å²) in [6, 6.07) is 8.45. The van der Waals surface area contributed by atoms with Gasteiger partial charge in [-0.05, 0) is 49.6 Å². The molecule has 7 heteroatoms. The predicted octanol–water partition coefficient (Wildman–Crippen LogP) is 3.39. The van der Waals surface area contributed by atoms with Crippen LogP contribution in [0.25, 0.3) is 0 Å². The lowest BCUT2D eigenvalue weighted by atomic mass is 10.2. The highest BCUT2D eigenvalue weighted by atomic mass is 79.9. The zero-order valence-electron chi connectivity index (χ0n) is 11.4. The topological polar surface area (TPSA) is 45.5 Å². The summed E-state index contributed by atoms with van der Waals surface area (Å²) in [5, 5.41) is 0. The molecule has 0 fully saturated rings. The molecule has 0 unspecified atom stereocenters. The van der Waals surface area contributed by atoms with Crippen molar-refractivity contribution in [2.75, 3.05) is 13.7 Å². The van der Waals surface area contributed by atoms with Crippen LogP contribution in [0.2, 0.25) is 0 Å². The lowest BCUT2D eigenvalue weighted by Gasteiger charge is -2.10. The molecule has 5 nitrogen and oxygen atoms in total. The molecule has 1 aromatic heterocycles. The number of hydrogen-bond donors (Lipinski definition) is 0. The molecule has 21 heavy (non-hydrogen) atoms. The van der Waals surface area contributed by atoms with E-state index in [-0.39, 0.29) is 6.10 Å². The Hall–Kier alpha value is -1.05. The van der Waals surface area contributed by atoms with E-state index in [4.69, 9.17) is 14.2 Å². The highest BCUT2D eigenvalue weighted by Crippen LogP contribution is 2.32. The van der Waals surface area contributed by atoms with E-state index in [1.165, 1.54) is 0 Å². The third-order valence-electron chi connectivity index (χ3n) is 3.22. The summed E-state index contributed by atoms with van der Waals surface area (Å²) in [7, 11) is 1.66. The summed E-state index contributed by atoms with van der Waals surface area (Å²) in [6.45, 7) is 1.81. The van der Waals surface area contributed by atoms with Crippen LogP contribution in [-0.4, -0.2) is 29.4 Å². The van der Waals surface area contributed by atoms with Gasteiger partial charge in [0.1, 0.15) is 21.1 Å². The summed E-state index contributed by atoms with van der Waals surface area (Å²) in [6.07, 6.45) is -0.00449. The molecule has 1 aliphatic heterocycles. The van der Waals surface area contributed by atoms with E-state index < -0.39 is 0 Å². The minimum Gasteiger partial charge on any atom is -0.497 e. The minimum atomic E-state index is -0.00449. The van der Waals surface area contributed by atoms with Gasteiger partial charge in [0.15, 0.2) is 0 Å². The van der Waals surface area contributed by atoms with Crippen LogP contribution < -0.4 is 9.47 Å². The first-order chi connectivity index (χ1) is 10.2. The first-order valence-corrected chi connectivity index (χ1v) is 8.05. The van der Waals surface area contributed by atoms with Gasteiger partial charge in [-0.3, -0.25) is 4.57 Å². The molecule has 2 aromatic rings. The Morgan fingerprint density at radius 3 is 2.76 bits per heavy atom. The van der Waals surface area contributed by atoms with E-state index in [1.54, 1.807) is 7.11 Å². The summed E-state index contributed by atoms with van der Waals surface area (Å²) in [4.78, 5) is 4.27. The molecule has 1 aliphatic rings. The number of nitrogens with zero attached hydrogens (tertiary/aromatic N) is 2. The molecule has 0 N–H and O–H groups in total. The van der Waals surface area contributed by atoms with Crippen molar-refractivity contribution >= 4 is 31.9 Å². The lowest BCUT2D eigenvalue weighted by Crippen LogP contribution is -2.21. The number of fused-ring (bicyclic) bond motifs is 1. The third kappa shape index (κ3) is 3.25. The standard InChI is InChI=1S/C14H14Br2N2O3/c1-19-10-4-2-9(3-5-10)7-20-8-11-6-18-13(16)12(15)17-14(18)21-11/h2-5,11H,6-8H2,1H3/t11-/m0/s1. The van der Waals surface area contributed by atoms with E-state index >= 15 is 0 Å². The van der Waals surface area contributed by atoms with Crippen LogP contribution in [0.3, 0.4) is 0 Å². The van der Waals surface area contributed by atoms with Crippen molar-refractivity contribution in [3.8, 4) is 11.8 Å². The van der Waals surface area contributed by atoms with E-state index in [2.05, 4.69) is 36.8 Å². The zero-order chi connectivity index (χ0) is 14.8. The van der Waals surface area contributed by atoms with Crippen LogP contribution in [-0.2, 0) is 17.9 Å². The predicted molar refractivity (Wildman–Crippen MR) is 84.7 cm³/mol. The van der Waals surface area contributed by atoms with Gasteiger partial charge in [-0.25, -0.2) is 0 Å². The SMILES string of the molecule is COc1ccc(COC[C@@H]2Cn3c(nc(Br)c3Br)O2)cc1. The van der Waals surface area contributed by atoms with Crippen LogP contribution in [0.4, 0.5) is 0 Å². The Labute approximate surface area is 139 Å². The molecule has 3 rings (SSSR count). The van der Waals surface area contributed by atoms with E-state index in [0.29, 0.717) is 19.2 Å². The maximum atomic E-state index is 5.73. The minimum absolute atomic E-state index is 0.00449. The highest BCUT2D eigenvalue weighted by Gasteiger charge is 2.27. The molecule has 0 spiro atoms. The molecular formula is C14H14Br2N2O3. The number of halogens is 2. The van der Waals surface area contributed by atoms with Gasteiger partial charge in [-0.15, -0.1) is 0 Å². The normalized spacial score (nSPS) is 16.6. The third-order valence-corrected chi connectivity index (χ3v) is 5.11. The van der Waals surface area contributed by atoms with Gasteiger partial charge in [-0.2, -0.15) is 4.98 Å². The zero-order valence-corrected chi connectivity index (χ0v) is 14.6. The van der Waals surface area contributed by atoms with Gasteiger partial charge < -0.3 is 14.2 Å². The molecule has 2 heterocycles. The second-order valence-electron chi connectivity index (χ2n) is 4.69. The van der Waals surface area contributed by atoms with Gasteiger partial charge in [0.25, 0.3) is 6.01 Å². The van der Waals surface area contributed by atoms with E-state index in [9.17, 15) is 0 Å². The average Bonchev–Trinajstić information content (AvgIpc) is 3.00. The summed E-state index contributed by atoms with van der Waals surface area (Å²) < 4.78 is 20.2. The Bertz CT molecular complexity index is 628. The molecule has 112 valence electrons. The van der Waals surface area contributed by atoms with Crippen LogP contribution in [0.1, 0.15) is 5.56 Å². The highest BCUT2D eigenvalue weighted by molar-refractivity contribution is 9.13. The van der Waals surface area contributed by atoms with Crippen LogP contribution >= 0.6 is 31.9 Å². The molecule has 1 aromatic carbocycles. The molecular weight excluding hydrogens is 404 g/mol. The van der Waals surface area contributed by atoms with Crippen molar-refractivity contribution in [2.45, 2.75) is 19.3 Å². The first kappa shape index (κ1) is 14.9. The quantitative estimate of drug-likeness (QED) is 0.747. The molecule has 0 amide bonds. The largest absolute Gasteiger partial charge is 0.497 e. The van der Waals surface area contributed by atoms with Crippen molar-refractivity contribution in [2.24, 2.45) is 0 Å². The van der Waals surface area contributed by atoms with Gasteiger partial charge >= 0.3 is 0 Å². The van der Waals surface area contributed by atoms with E-state index in [1.807, 2.05) is 28.8 Å². The Kier molecular flexibility index (Phi) is 4.51. The fourth-order valence-corrected chi connectivity index (χ4v) is 2.89. The fraction of sp³-hybridized carbons (Fsp3) is 0.357. The van der Waals surface area contributed by atoms with Gasteiger partial charge in [0.05, 0.1) is 26.9 Å². The Morgan fingerprint density at radius 1 is 1.33 bits per heavy atom. The monoisotopic (exact) mass is 416 g/mol. The van der Waals surface area contributed by atoms with Crippen molar-refractivity contribution in [1.29, 1.82) is 0 Å². The number of methoxy groups -OCH3 is 1. The molecule has 0 radical (unpaired) electrons. The van der Waals surface area contributed by atoms with Crippen molar-refractivity contribution < 1.29 is 14.2 Å². The Balaban J connectivity index is 1.48. The average molecular weight is 418 g/mol. The second-order valence-corrected chi connectivity index (χ2v) is 6.19. The van der Waals surface area contributed by atoms with Crippen molar-refractivity contribution in [3.63, 3.8) is 0 Å². The van der Waals surface area contributed by atoms with Crippen LogP contribution in [0.5, 0.6) is 11.8 Å². The maximum absolute atomic E-state index is 5.73. The number of aromatic nitrogens is 2. The van der Waals surface area contributed by atoms with Crippen molar-refractivity contribution in [3.05, 3.63) is 39.0 Å². The first-order valence-electron chi connectivity index (χ1n) is 6.46. The Morgan fingerprint density at radius 2 is 2.10 bits per heavy atom. The molecule has 0 saturated carbocycles. The number of hydrogen-bond acceptors (Lipinski definition) is 4. The number of rotatable bonds is 5. The summed E-state index contributed by atoms with van der Waals surface area (Å²) in [5.41, 5.74) is 1.11. The second kappa shape index (κ2) is 6.37. The summed E-state index contributed by atoms with van der Waals surface area (Å²) in [5.74, 6) is 0.846. The van der Waals surface area contributed by atoms with Gasteiger partial charge in [-0.1, -0.05) is 12.1 Å². The summed E-state index contributed by atoms with van der Waals surface area (Å²) >= 11 is 6.82. The molecule has 0 aliphatic carbocycles. The van der Waals surface area contributed by atoms with Crippen LogP contribution in [0, 0.1) is 0 Å². The van der Waals surface area contributed by atoms with Crippen molar-refractivity contribution in [1.82, 2.24) is 9.55 Å². The maximum Gasteiger partial charge on any atom is 0.298 e. The smallest absolute Gasteiger partial charge is 0.298 e.